The van der Waals surface area contributed by atoms with Crippen LogP contribution >= 0.6 is 0 Å². The smallest absolute Gasteiger partial charge is 0.328 e. The lowest BCUT2D eigenvalue weighted by molar-refractivity contribution is -0.384. The Morgan fingerprint density at radius 1 is 1.35 bits per heavy atom. The van der Waals surface area contributed by atoms with Crippen LogP contribution < -0.4 is 5.73 Å². The summed E-state index contributed by atoms with van der Waals surface area (Å²) < 4.78 is 0. The van der Waals surface area contributed by atoms with Gasteiger partial charge in [0.15, 0.2) is 0 Å². The van der Waals surface area contributed by atoms with E-state index in [1.54, 1.807) is 0 Å². The van der Waals surface area contributed by atoms with E-state index in [-0.39, 0.29) is 16.8 Å². The molecule has 0 aliphatic carbocycles. The molecule has 17 heavy (non-hydrogen) atoms. The van der Waals surface area contributed by atoms with Gasteiger partial charge in [0.1, 0.15) is 0 Å². The van der Waals surface area contributed by atoms with Gasteiger partial charge in [0.2, 0.25) is 5.91 Å². The van der Waals surface area contributed by atoms with E-state index in [0.717, 1.165) is 24.3 Å². The molecular formula is C10H8N2O5. The average Bonchev–Trinajstić information content (AvgIpc) is 2.25. The van der Waals surface area contributed by atoms with Gasteiger partial charge in [0.25, 0.3) is 5.69 Å². The second-order valence-corrected chi connectivity index (χ2v) is 3.11. The molecule has 0 heterocycles. The number of nitro benzene ring substituents is 1. The fourth-order valence-electron chi connectivity index (χ4n) is 1.15. The van der Waals surface area contributed by atoms with Crippen molar-refractivity contribution in [2.75, 3.05) is 0 Å². The molecule has 88 valence electrons. The van der Waals surface area contributed by atoms with Gasteiger partial charge in [0, 0.05) is 23.8 Å². The number of carboxylic acid groups (broad SMARTS) is 1. The molecule has 0 fully saturated rings. The number of nitrogens with two attached hydrogens (primary N) is 1. The lowest BCUT2D eigenvalue weighted by atomic mass is 10.1. The first-order valence-electron chi connectivity index (χ1n) is 4.40. The molecule has 0 aliphatic rings. The SMILES string of the molecule is NC(=O)c1cc(C=CC(=O)O)cc([N+](=O)[O-])c1. The fraction of sp³-hybridized carbons (Fsp3) is 0. The quantitative estimate of drug-likeness (QED) is 0.454. The second-order valence-electron chi connectivity index (χ2n) is 3.11. The molecule has 0 unspecified atom stereocenters. The highest BCUT2D eigenvalue weighted by molar-refractivity contribution is 5.94. The molecule has 0 aromatic heterocycles. The molecule has 0 radical (unpaired) electrons. The Labute approximate surface area is 95.3 Å². The first-order chi connectivity index (χ1) is 7.90. The van der Waals surface area contributed by atoms with Crippen LogP contribution in [0, 0.1) is 10.1 Å². The van der Waals surface area contributed by atoms with Crippen LogP contribution in [0.4, 0.5) is 5.69 Å². The van der Waals surface area contributed by atoms with Crippen LogP contribution in [0.3, 0.4) is 0 Å². The summed E-state index contributed by atoms with van der Waals surface area (Å²) in [5.74, 6) is -2.02. The summed E-state index contributed by atoms with van der Waals surface area (Å²) >= 11 is 0. The summed E-state index contributed by atoms with van der Waals surface area (Å²) in [6.45, 7) is 0. The number of hydrogen-bond donors (Lipinski definition) is 2. The van der Waals surface area contributed by atoms with Crippen LogP contribution in [0.15, 0.2) is 24.3 Å². The topological polar surface area (TPSA) is 124 Å². The van der Waals surface area contributed by atoms with Crippen molar-refractivity contribution in [1.29, 1.82) is 0 Å². The van der Waals surface area contributed by atoms with Gasteiger partial charge in [-0.15, -0.1) is 0 Å². The monoisotopic (exact) mass is 236 g/mol. The predicted molar refractivity (Wildman–Crippen MR) is 58.3 cm³/mol. The van der Waals surface area contributed by atoms with Gasteiger partial charge in [-0.2, -0.15) is 0 Å². The van der Waals surface area contributed by atoms with Crippen molar-refractivity contribution in [3.8, 4) is 0 Å². The summed E-state index contributed by atoms with van der Waals surface area (Å²) in [7, 11) is 0. The van der Waals surface area contributed by atoms with Crippen molar-refractivity contribution in [1.82, 2.24) is 0 Å². The number of aliphatic carboxylic acids is 1. The number of nitro groups is 1. The molecule has 3 N–H and O–H groups in total. The zero-order chi connectivity index (χ0) is 13.0. The highest BCUT2D eigenvalue weighted by Crippen LogP contribution is 2.18. The first-order valence-corrected chi connectivity index (χ1v) is 4.40. The summed E-state index contributed by atoms with van der Waals surface area (Å²) in [4.78, 5) is 31.1. The van der Waals surface area contributed by atoms with Crippen LogP contribution in [0.2, 0.25) is 0 Å². The molecular weight excluding hydrogens is 228 g/mol. The van der Waals surface area contributed by atoms with Gasteiger partial charge < -0.3 is 10.8 Å². The Kier molecular flexibility index (Phi) is 3.55. The third-order valence-corrected chi connectivity index (χ3v) is 1.85. The molecule has 1 rings (SSSR count). The van der Waals surface area contributed by atoms with Gasteiger partial charge in [-0.25, -0.2) is 4.79 Å². The summed E-state index contributed by atoms with van der Waals surface area (Å²) in [5, 5.41) is 19.0. The number of carboxylic acids is 1. The number of benzene rings is 1. The van der Waals surface area contributed by atoms with Crippen LogP contribution in [-0.2, 0) is 4.79 Å². The maximum atomic E-state index is 10.9. The normalized spacial score (nSPS) is 10.4. The molecule has 0 aliphatic heterocycles. The van der Waals surface area contributed by atoms with Crippen molar-refractivity contribution in [2.24, 2.45) is 5.73 Å². The molecule has 0 spiro atoms. The van der Waals surface area contributed by atoms with Crippen molar-refractivity contribution in [3.05, 3.63) is 45.5 Å². The number of carbonyl (C=O) groups is 2. The standard InChI is InChI=1S/C10H8N2O5/c11-10(15)7-3-6(1-2-9(13)14)4-8(5-7)12(16)17/h1-5H,(H2,11,15)(H,13,14). The van der Waals surface area contributed by atoms with E-state index in [4.69, 9.17) is 10.8 Å². The highest BCUT2D eigenvalue weighted by Gasteiger charge is 2.11. The number of amides is 1. The second kappa shape index (κ2) is 4.88. The van der Waals surface area contributed by atoms with Crippen LogP contribution in [0.1, 0.15) is 15.9 Å². The van der Waals surface area contributed by atoms with Gasteiger partial charge in [0.05, 0.1) is 4.92 Å². The number of non-ortho nitro benzene ring substituents is 1. The van der Waals surface area contributed by atoms with Gasteiger partial charge in [-0.3, -0.25) is 14.9 Å². The Bertz CT molecular complexity index is 489. The number of hydrogen-bond acceptors (Lipinski definition) is 4. The minimum absolute atomic E-state index is 0.0516. The molecule has 1 aromatic rings. The van der Waals surface area contributed by atoms with E-state index in [9.17, 15) is 19.7 Å². The number of rotatable bonds is 4. The van der Waals surface area contributed by atoms with Crippen molar-refractivity contribution < 1.29 is 19.6 Å². The van der Waals surface area contributed by atoms with Gasteiger partial charge in [-0.1, -0.05) is 0 Å². The van der Waals surface area contributed by atoms with Crippen LogP contribution in [-0.4, -0.2) is 21.9 Å². The molecule has 7 heteroatoms. The maximum Gasteiger partial charge on any atom is 0.328 e. The van der Waals surface area contributed by atoms with Crippen molar-refractivity contribution >= 4 is 23.6 Å². The third-order valence-electron chi connectivity index (χ3n) is 1.85. The highest BCUT2D eigenvalue weighted by atomic mass is 16.6. The van der Waals surface area contributed by atoms with E-state index in [1.807, 2.05) is 0 Å². The molecule has 0 atom stereocenters. The number of nitrogens with zero attached hydrogens (tertiary/aromatic N) is 1. The molecule has 0 bridgehead atoms. The zero-order valence-corrected chi connectivity index (χ0v) is 8.49. The van der Waals surface area contributed by atoms with E-state index >= 15 is 0 Å². The average molecular weight is 236 g/mol. The van der Waals surface area contributed by atoms with Crippen molar-refractivity contribution in [2.45, 2.75) is 0 Å². The molecule has 0 saturated heterocycles. The first kappa shape index (κ1) is 12.4. The number of primary amides is 1. The minimum Gasteiger partial charge on any atom is -0.478 e. The van der Waals surface area contributed by atoms with Crippen LogP contribution in [0.5, 0.6) is 0 Å². The molecule has 1 amide bonds. The Morgan fingerprint density at radius 3 is 2.47 bits per heavy atom. The summed E-state index contributed by atoms with van der Waals surface area (Å²) in [5.41, 5.74) is 4.84. The Morgan fingerprint density at radius 2 is 2.00 bits per heavy atom. The van der Waals surface area contributed by atoms with E-state index < -0.39 is 16.8 Å². The number of carbonyl (C=O) groups excluding carboxylic acids is 1. The van der Waals surface area contributed by atoms with Crippen LogP contribution in [0.25, 0.3) is 6.08 Å². The third kappa shape index (κ3) is 3.42. The Hall–Kier alpha value is -2.70. The molecule has 7 nitrogen and oxygen atoms in total. The van der Waals surface area contributed by atoms with E-state index in [2.05, 4.69) is 0 Å². The van der Waals surface area contributed by atoms with Gasteiger partial charge in [-0.05, 0) is 17.7 Å². The molecule has 0 saturated carbocycles. The maximum absolute atomic E-state index is 10.9. The summed E-state index contributed by atoms with van der Waals surface area (Å²) in [6.07, 6.45) is 1.95. The molecule has 1 aromatic carbocycles. The minimum atomic E-state index is -1.20. The zero-order valence-electron chi connectivity index (χ0n) is 8.49. The van der Waals surface area contributed by atoms with Crippen molar-refractivity contribution in [3.63, 3.8) is 0 Å². The fourth-order valence-corrected chi connectivity index (χ4v) is 1.15. The summed E-state index contributed by atoms with van der Waals surface area (Å²) in [6, 6.07) is 3.45. The predicted octanol–water partition coefficient (Wildman–Crippen LogP) is 0.791. The largest absolute Gasteiger partial charge is 0.478 e. The van der Waals surface area contributed by atoms with E-state index in [0.29, 0.717) is 0 Å². The lowest BCUT2D eigenvalue weighted by Crippen LogP contribution is -2.11. The lowest BCUT2D eigenvalue weighted by Gasteiger charge is -1.99. The van der Waals surface area contributed by atoms with E-state index in [1.165, 1.54) is 6.07 Å². The van der Waals surface area contributed by atoms with Gasteiger partial charge >= 0.3 is 5.97 Å². The Balaban J connectivity index is 3.26.